The van der Waals surface area contributed by atoms with Gasteiger partial charge in [-0.2, -0.15) is 0 Å². The molecule has 3 unspecified atom stereocenters. The van der Waals surface area contributed by atoms with Gasteiger partial charge >= 0.3 is 0 Å². The van der Waals surface area contributed by atoms with Crippen LogP contribution in [-0.2, 0) is 11.2 Å². The molecule has 2 aliphatic rings. The summed E-state index contributed by atoms with van der Waals surface area (Å²) in [7, 11) is 1.83. The van der Waals surface area contributed by atoms with Gasteiger partial charge in [-0.05, 0) is 25.0 Å². The predicted octanol–water partition coefficient (Wildman–Crippen LogP) is 2.78. The van der Waals surface area contributed by atoms with Crippen molar-refractivity contribution in [1.29, 1.82) is 0 Å². The van der Waals surface area contributed by atoms with E-state index >= 15 is 0 Å². The molecule has 27 heavy (non-hydrogen) atoms. The second-order valence-electron chi connectivity index (χ2n) is 8.09. The number of aryl methyl sites for hydroxylation is 1. The smallest absolute Gasteiger partial charge is 0.191 e. The number of guanidine groups is 1. The first-order valence-electron chi connectivity index (χ1n) is 9.52. The quantitative estimate of drug-likeness (QED) is 0.399. The Kier molecular flexibility index (Phi) is 6.00. The van der Waals surface area contributed by atoms with Gasteiger partial charge in [0, 0.05) is 56.4 Å². The third kappa shape index (κ3) is 3.68. The molecule has 1 aliphatic carbocycles. The minimum atomic E-state index is 0. The predicted molar refractivity (Wildman–Crippen MR) is 119 cm³/mol. The Hall–Kier alpha value is -1.35. The number of fused-ring (bicyclic) bond motifs is 2. The van der Waals surface area contributed by atoms with E-state index in [0.29, 0.717) is 18.1 Å². The molecule has 7 heteroatoms. The normalized spacial score (nSPS) is 26.2. The molecule has 0 aromatic carbocycles. The summed E-state index contributed by atoms with van der Waals surface area (Å²) in [5, 5.41) is 7.06. The molecule has 0 bridgehead atoms. The number of ether oxygens (including phenoxy) is 1. The van der Waals surface area contributed by atoms with Crippen LogP contribution in [0, 0.1) is 18.3 Å². The molecule has 1 saturated heterocycles. The van der Waals surface area contributed by atoms with Crippen LogP contribution in [0.25, 0.3) is 5.65 Å². The topological polar surface area (TPSA) is 63.0 Å². The highest BCUT2D eigenvalue weighted by Crippen LogP contribution is 2.52. The fourth-order valence-electron chi connectivity index (χ4n) is 4.59. The number of aromatic nitrogens is 2. The summed E-state index contributed by atoms with van der Waals surface area (Å²) in [6.45, 7) is 8.35. The zero-order valence-electron chi connectivity index (χ0n) is 16.5. The standard InChI is InChI=1S/C20H29N5O.HI/c1-13-6-5-10-25-12-14(23-18(13)25)7-9-22-19(21-4)24-16-15-8-11-26-17(15)20(16,2)3;/h5-6,10,12,15-17H,7-9,11H2,1-4H3,(H2,21,22,24);1H. The molecule has 1 aliphatic heterocycles. The van der Waals surface area contributed by atoms with Crippen molar-refractivity contribution in [3.63, 3.8) is 0 Å². The van der Waals surface area contributed by atoms with Crippen molar-refractivity contribution in [3.8, 4) is 0 Å². The van der Waals surface area contributed by atoms with E-state index in [-0.39, 0.29) is 29.4 Å². The summed E-state index contributed by atoms with van der Waals surface area (Å²) < 4.78 is 7.97. The van der Waals surface area contributed by atoms with E-state index in [4.69, 9.17) is 9.72 Å². The molecule has 2 N–H and O–H groups in total. The molecule has 2 aromatic heterocycles. The summed E-state index contributed by atoms with van der Waals surface area (Å²) >= 11 is 0. The molecular formula is C20H30IN5O. The number of pyridine rings is 1. The van der Waals surface area contributed by atoms with E-state index < -0.39 is 0 Å². The first-order valence-corrected chi connectivity index (χ1v) is 9.52. The average Bonchev–Trinajstić information content (AvgIpc) is 3.24. The van der Waals surface area contributed by atoms with Crippen molar-refractivity contribution in [3.05, 3.63) is 35.8 Å². The monoisotopic (exact) mass is 483 g/mol. The summed E-state index contributed by atoms with van der Waals surface area (Å²) in [5.41, 5.74) is 3.48. The van der Waals surface area contributed by atoms with Crippen LogP contribution in [0.15, 0.2) is 29.5 Å². The molecular weight excluding hydrogens is 453 g/mol. The van der Waals surface area contributed by atoms with Crippen LogP contribution in [0.2, 0.25) is 0 Å². The fraction of sp³-hybridized carbons (Fsp3) is 0.600. The maximum absolute atomic E-state index is 5.88. The van der Waals surface area contributed by atoms with Crippen LogP contribution >= 0.6 is 24.0 Å². The second kappa shape index (κ2) is 7.95. The third-order valence-electron chi connectivity index (χ3n) is 6.02. The molecule has 1 saturated carbocycles. The van der Waals surface area contributed by atoms with E-state index in [2.05, 4.69) is 59.1 Å². The maximum atomic E-state index is 5.88. The van der Waals surface area contributed by atoms with E-state index in [9.17, 15) is 0 Å². The van der Waals surface area contributed by atoms with E-state index in [0.717, 1.165) is 43.3 Å². The molecule has 0 amide bonds. The SMILES string of the molecule is CN=C(NCCc1cn2cccc(C)c2n1)NC1C2CCOC2C1(C)C.I. The van der Waals surface area contributed by atoms with Gasteiger partial charge in [0.1, 0.15) is 5.65 Å². The van der Waals surface area contributed by atoms with Gasteiger partial charge in [0.2, 0.25) is 0 Å². The van der Waals surface area contributed by atoms with Crippen molar-refractivity contribution >= 4 is 35.6 Å². The molecule has 2 aromatic rings. The van der Waals surface area contributed by atoms with Gasteiger partial charge in [-0.1, -0.05) is 19.9 Å². The van der Waals surface area contributed by atoms with Crippen LogP contribution < -0.4 is 10.6 Å². The van der Waals surface area contributed by atoms with E-state index in [1.807, 2.05) is 13.2 Å². The van der Waals surface area contributed by atoms with Crippen molar-refractivity contribution in [2.75, 3.05) is 20.2 Å². The molecule has 2 fully saturated rings. The van der Waals surface area contributed by atoms with Gasteiger partial charge in [0.25, 0.3) is 0 Å². The highest BCUT2D eigenvalue weighted by Gasteiger charge is 2.59. The van der Waals surface area contributed by atoms with E-state index in [1.165, 1.54) is 5.56 Å². The summed E-state index contributed by atoms with van der Waals surface area (Å²) in [4.78, 5) is 9.14. The largest absolute Gasteiger partial charge is 0.377 e. The van der Waals surface area contributed by atoms with Gasteiger partial charge in [-0.15, -0.1) is 24.0 Å². The van der Waals surface area contributed by atoms with Gasteiger partial charge in [0.15, 0.2) is 5.96 Å². The molecule has 6 nitrogen and oxygen atoms in total. The lowest BCUT2D eigenvalue weighted by Gasteiger charge is -2.54. The van der Waals surface area contributed by atoms with Crippen LogP contribution in [0.3, 0.4) is 0 Å². The lowest BCUT2D eigenvalue weighted by atomic mass is 9.57. The zero-order valence-corrected chi connectivity index (χ0v) is 18.9. The lowest BCUT2D eigenvalue weighted by molar-refractivity contribution is -0.106. The third-order valence-corrected chi connectivity index (χ3v) is 6.02. The Morgan fingerprint density at radius 1 is 1.44 bits per heavy atom. The van der Waals surface area contributed by atoms with Gasteiger partial charge < -0.3 is 19.8 Å². The highest BCUT2D eigenvalue weighted by atomic mass is 127. The molecule has 0 spiro atoms. The number of halogens is 1. The first-order chi connectivity index (χ1) is 12.5. The number of aliphatic imine (C=N–C) groups is 1. The summed E-state index contributed by atoms with van der Waals surface area (Å²) in [5.74, 6) is 1.47. The first kappa shape index (κ1) is 20.4. The van der Waals surface area contributed by atoms with Gasteiger partial charge in [-0.3, -0.25) is 4.99 Å². The second-order valence-corrected chi connectivity index (χ2v) is 8.09. The van der Waals surface area contributed by atoms with Crippen LogP contribution in [0.1, 0.15) is 31.5 Å². The van der Waals surface area contributed by atoms with Crippen molar-refractivity contribution < 1.29 is 4.74 Å². The highest BCUT2D eigenvalue weighted by molar-refractivity contribution is 14.0. The Bertz CT molecular complexity index is 831. The molecule has 4 rings (SSSR count). The maximum Gasteiger partial charge on any atom is 0.191 e. The number of rotatable bonds is 4. The van der Waals surface area contributed by atoms with Crippen LogP contribution in [-0.4, -0.2) is 47.7 Å². The van der Waals surface area contributed by atoms with Gasteiger partial charge in [0.05, 0.1) is 11.8 Å². The Labute approximate surface area is 178 Å². The Balaban J connectivity index is 0.00000210. The number of nitrogens with zero attached hydrogens (tertiary/aromatic N) is 3. The number of imidazole rings is 1. The lowest BCUT2D eigenvalue weighted by Crippen LogP contribution is -2.68. The molecule has 3 heterocycles. The average molecular weight is 483 g/mol. The molecule has 0 radical (unpaired) electrons. The summed E-state index contributed by atoms with van der Waals surface area (Å²) in [6, 6.07) is 4.56. The molecule has 3 atom stereocenters. The zero-order chi connectivity index (χ0) is 18.3. The minimum Gasteiger partial charge on any atom is -0.377 e. The minimum absolute atomic E-state index is 0. The van der Waals surface area contributed by atoms with Crippen molar-refractivity contribution in [2.45, 2.75) is 45.8 Å². The van der Waals surface area contributed by atoms with Gasteiger partial charge in [-0.25, -0.2) is 4.98 Å². The van der Waals surface area contributed by atoms with Crippen LogP contribution in [0.4, 0.5) is 0 Å². The fourth-order valence-corrected chi connectivity index (χ4v) is 4.59. The molecule has 148 valence electrons. The Morgan fingerprint density at radius 3 is 3.00 bits per heavy atom. The Morgan fingerprint density at radius 2 is 2.26 bits per heavy atom. The van der Waals surface area contributed by atoms with E-state index in [1.54, 1.807) is 0 Å². The van der Waals surface area contributed by atoms with Crippen molar-refractivity contribution in [2.24, 2.45) is 16.3 Å². The van der Waals surface area contributed by atoms with Crippen LogP contribution in [0.5, 0.6) is 0 Å². The number of nitrogens with one attached hydrogen (secondary N) is 2. The number of hydrogen-bond acceptors (Lipinski definition) is 3. The number of hydrogen-bond donors (Lipinski definition) is 2. The van der Waals surface area contributed by atoms with Crippen molar-refractivity contribution in [1.82, 2.24) is 20.0 Å². The summed E-state index contributed by atoms with van der Waals surface area (Å²) in [6.07, 6.45) is 6.55.